The summed E-state index contributed by atoms with van der Waals surface area (Å²) < 4.78 is 5.69. The van der Waals surface area contributed by atoms with Crippen molar-refractivity contribution >= 4 is 23.4 Å². The Balaban J connectivity index is 2.07. The van der Waals surface area contributed by atoms with Gasteiger partial charge in [0, 0.05) is 11.6 Å². The first-order valence-electron chi connectivity index (χ1n) is 6.56. The van der Waals surface area contributed by atoms with E-state index < -0.39 is 0 Å². The molecule has 1 aliphatic rings. The van der Waals surface area contributed by atoms with Crippen LogP contribution in [0.5, 0.6) is 5.75 Å². The first kappa shape index (κ1) is 14.2. The number of amides is 1. The molecule has 1 heterocycles. The Hall–Kier alpha value is -1.20. The van der Waals surface area contributed by atoms with Crippen LogP contribution in [0.1, 0.15) is 18.9 Å². The van der Waals surface area contributed by atoms with E-state index in [-0.39, 0.29) is 11.9 Å². The van der Waals surface area contributed by atoms with Crippen LogP contribution in [-0.2, 0) is 4.79 Å². The molecule has 1 amide bonds. The quantitative estimate of drug-likeness (QED) is 0.869. The number of aryl methyl sites for hydroxylation is 1. The highest BCUT2D eigenvalue weighted by Crippen LogP contribution is 2.26. The molecule has 0 aromatic heterocycles. The fraction of sp³-hybridized carbons (Fsp3) is 0.500. The third kappa shape index (κ3) is 3.88. The van der Waals surface area contributed by atoms with Gasteiger partial charge in [-0.2, -0.15) is 0 Å². The van der Waals surface area contributed by atoms with Gasteiger partial charge >= 0.3 is 0 Å². The Morgan fingerprint density at radius 2 is 2.42 bits per heavy atom. The molecule has 1 atom stereocenters. The molecule has 2 rings (SSSR count). The van der Waals surface area contributed by atoms with Gasteiger partial charge in [0.15, 0.2) is 0 Å². The molecule has 1 aliphatic heterocycles. The molecule has 0 bridgehead atoms. The van der Waals surface area contributed by atoms with Gasteiger partial charge in [0.25, 0.3) is 0 Å². The lowest BCUT2D eigenvalue weighted by Crippen LogP contribution is -2.37. The van der Waals surface area contributed by atoms with Gasteiger partial charge in [0.1, 0.15) is 5.75 Å². The Morgan fingerprint density at radius 3 is 3.11 bits per heavy atom. The molecule has 104 valence electrons. The van der Waals surface area contributed by atoms with Gasteiger partial charge in [-0.3, -0.25) is 10.1 Å². The van der Waals surface area contributed by atoms with E-state index >= 15 is 0 Å². The number of anilines is 1. The second-order valence-corrected chi connectivity index (χ2v) is 5.64. The van der Waals surface area contributed by atoms with Crippen molar-refractivity contribution in [2.75, 3.05) is 23.6 Å². The number of nitrogens with one attached hydrogen (secondary N) is 2. The smallest absolute Gasteiger partial charge is 0.242 e. The summed E-state index contributed by atoms with van der Waals surface area (Å²) in [6.45, 7) is 4.73. The highest BCUT2D eigenvalue weighted by molar-refractivity contribution is 7.99. The van der Waals surface area contributed by atoms with Crippen LogP contribution >= 0.6 is 11.8 Å². The highest BCUT2D eigenvalue weighted by Gasteiger charge is 2.23. The molecule has 0 saturated carbocycles. The fourth-order valence-electron chi connectivity index (χ4n) is 1.85. The van der Waals surface area contributed by atoms with Crippen LogP contribution < -0.4 is 15.4 Å². The maximum Gasteiger partial charge on any atom is 0.242 e. The van der Waals surface area contributed by atoms with Crippen LogP contribution in [0.3, 0.4) is 0 Å². The maximum atomic E-state index is 12.1. The zero-order valence-corrected chi connectivity index (χ0v) is 12.2. The third-order valence-electron chi connectivity index (χ3n) is 2.89. The number of rotatable bonds is 5. The number of benzene rings is 1. The Bertz CT molecular complexity index is 445. The summed E-state index contributed by atoms with van der Waals surface area (Å²) in [5.41, 5.74) is 1.88. The molecule has 1 unspecified atom stereocenters. The van der Waals surface area contributed by atoms with E-state index in [1.165, 1.54) is 0 Å². The van der Waals surface area contributed by atoms with Gasteiger partial charge in [-0.15, -0.1) is 11.8 Å². The average molecular weight is 280 g/mol. The van der Waals surface area contributed by atoms with Crippen LogP contribution in [0.15, 0.2) is 18.2 Å². The fourth-order valence-corrected chi connectivity index (χ4v) is 2.79. The molecule has 2 N–H and O–H groups in total. The van der Waals surface area contributed by atoms with E-state index in [0.717, 1.165) is 35.1 Å². The number of carbonyl (C=O) groups is 1. The zero-order valence-electron chi connectivity index (χ0n) is 11.4. The molecule has 5 heteroatoms. The van der Waals surface area contributed by atoms with Gasteiger partial charge in [0.05, 0.1) is 18.3 Å². The summed E-state index contributed by atoms with van der Waals surface area (Å²) in [6.07, 6.45) is 0.947. The van der Waals surface area contributed by atoms with Crippen LogP contribution in [-0.4, -0.2) is 30.2 Å². The van der Waals surface area contributed by atoms with Gasteiger partial charge < -0.3 is 10.1 Å². The Morgan fingerprint density at radius 1 is 1.58 bits per heavy atom. The number of hydrogen-bond acceptors (Lipinski definition) is 4. The molecule has 19 heavy (non-hydrogen) atoms. The first-order valence-corrected chi connectivity index (χ1v) is 7.71. The molecule has 0 radical (unpaired) electrons. The van der Waals surface area contributed by atoms with Crippen molar-refractivity contribution in [3.8, 4) is 5.75 Å². The van der Waals surface area contributed by atoms with Crippen molar-refractivity contribution in [2.45, 2.75) is 26.3 Å². The molecule has 0 spiro atoms. The molecule has 1 saturated heterocycles. The van der Waals surface area contributed by atoms with Gasteiger partial charge in [-0.25, -0.2) is 0 Å². The lowest BCUT2D eigenvalue weighted by atomic mass is 10.2. The summed E-state index contributed by atoms with van der Waals surface area (Å²) in [4.78, 5) is 12.1. The van der Waals surface area contributed by atoms with Crippen molar-refractivity contribution in [3.05, 3.63) is 23.8 Å². The van der Waals surface area contributed by atoms with Crippen molar-refractivity contribution in [1.29, 1.82) is 0 Å². The third-order valence-corrected chi connectivity index (χ3v) is 3.83. The minimum Gasteiger partial charge on any atom is -0.491 e. The van der Waals surface area contributed by atoms with E-state index in [0.29, 0.717) is 6.61 Å². The topological polar surface area (TPSA) is 50.4 Å². The van der Waals surface area contributed by atoms with Crippen LogP contribution in [0.2, 0.25) is 0 Å². The summed E-state index contributed by atoms with van der Waals surface area (Å²) in [5.74, 6) is 2.42. The van der Waals surface area contributed by atoms with Crippen LogP contribution in [0.25, 0.3) is 0 Å². The van der Waals surface area contributed by atoms with Crippen LogP contribution in [0, 0.1) is 6.92 Å². The molecular weight excluding hydrogens is 260 g/mol. The van der Waals surface area contributed by atoms with Gasteiger partial charge in [0.2, 0.25) is 5.91 Å². The summed E-state index contributed by atoms with van der Waals surface area (Å²) >= 11 is 1.74. The van der Waals surface area contributed by atoms with Crippen molar-refractivity contribution in [3.63, 3.8) is 0 Å². The van der Waals surface area contributed by atoms with E-state index in [1.807, 2.05) is 25.1 Å². The lowest BCUT2D eigenvalue weighted by molar-refractivity contribution is -0.117. The number of ether oxygens (including phenoxy) is 1. The molecule has 1 aromatic carbocycles. The molecule has 4 nitrogen and oxygen atoms in total. The number of carbonyl (C=O) groups excluding carboxylic acids is 1. The minimum absolute atomic E-state index is 0.00945. The Labute approximate surface area is 118 Å². The maximum absolute atomic E-state index is 12.1. The molecule has 0 aliphatic carbocycles. The Kier molecular flexibility index (Phi) is 5.10. The monoisotopic (exact) mass is 280 g/mol. The standard InChI is InChI=1S/C14H20N2O2S/c1-3-6-18-13-7-10(2)4-5-11(13)16-14(17)12-8-19-9-15-12/h4-5,7,12,15H,3,6,8-9H2,1-2H3,(H,16,17). The lowest BCUT2D eigenvalue weighted by Gasteiger charge is -2.15. The van der Waals surface area contributed by atoms with Crippen LogP contribution in [0.4, 0.5) is 5.69 Å². The second kappa shape index (κ2) is 6.82. The van der Waals surface area contributed by atoms with Gasteiger partial charge in [-0.05, 0) is 31.0 Å². The second-order valence-electron chi connectivity index (χ2n) is 4.61. The van der Waals surface area contributed by atoms with E-state index in [2.05, 4.69) is 17.6 Å². The number of hydrogen-bond donors (Lipinski definition) is 2. The number of thioether (sulfide) groups is 1. The van der Waals surface area contributed by atoms with E-state index in [4.69, 9.17) is 4.74 Å². The van der Waals surface area contributed by atoms with E-state index in [9.17, 15) is 4.79 Å². The normalized spacial score (nSPS) is 18.3. The first-order chi connectivity index (χ1) is 9.20. The SMILES string of the molecule is CCCOc1cc(C)ccc1NC(=O)C1CSCN1. The summed E-state index contributed by atoms with van der Waals surface area (Å²) in [5, 5.41) is 6.11. The summed E-state index contributed by atoms with van der Waals surface area (Å²) in [7, 11) is 0. The van der Waals surface area contributed by atoms with Crippen molar-refractivity contribution < 1.29 is 9.53 Å². The van der Waals surface area contributed by atoms with E-state index in [1.54, 1.807) is 11.8 Å². The van der Waals surface area contributed by atoms with Crippen molar-refractivity contribution in [2.24, 2.45) is 0 Å². The predicted octanol–water partition coefficient (Wildman–Crippen LogP) is 2.38. The average Bonchev–Trinajstić information content (AvgIpc) is 2.93. The molecule has 1 aromatic rings. The van der Waals surface area contributed by atoms with Gasteiger partial charge in [-0.1, -0.05) is 13.0 Å². The molecular formula is C14H20N2O2S. The highest BCUT2D eigenvalue weighted by atomic mass is 32.2. The zero-order chi connectivity index (χ0) is 13.7. The predicted molar refractivity (Wildman–Crippen MR) is 79.8 cm³/mol. The molecule has 1 fully saturated rings. The summed E-state index contributed by atoms with van der Waals surface area (Å²) in [6, 6.07) is 5.73. The minimum atomic E-state index is -0.106. The largest absolute Gasteiger partial charge is 0.491 e. The van der Waals surface area contributed by atoms with Crippen molar-refractivity contribution in [1.82, 2.24) is 5.32 Å².